The number of carbonyl (C=O) groups is 3. The van der Waals surface area contributed by atoms with Crippen LogP contribution in [0.25, 0.3) is 5.69 Å². The van der Waals surface area contributed by atoms with Crippen molar-refractivity contribution in [3.8, 4) is 11.6 Å². The summed E-state index contributed by atoms with van der Waals surface area (Å²) in [5.74, 6) is -0.754. The van der Waals surface area contributed by atoms with Crippen molar-refractivity contribution in [3.05, 3.63) is 102 Å². The SMILES string of the molecule is CN(Cc1ccccc1)C(=O)C[C@@H]1CCN2C[C@@H]1CCOc1ncccc1C(=O)N[C@H](Cc1cn(-c3ccc(F)cc3)nn1)C2=O. The van der Waals surface area contributed by atoms with E-state index in [0.29, 0.717) is 56.9 Å². The quantitative estimate of drug-likeness (QED) is 0.334. The summed E-state index contributed by atoms with van der Waals surface area (Å²) in [4.78, 5) is 48.7. The molecule has 0 saturated carbocycles. The van der Waals surface area contributed by atoms with Crippen molar-refractivity contribution < 1.29 is 23.5 Å². The summed E-state index contributed by atoms with van der Waals surface area (Å²) in [7, 11) is 1.82. The van der Waals surface area contributed by atoms with Gasteiger partial charge in [0.2, 0.25) is 17.7 Å². The lowest BCUT2D eigenvalue weighted by Gasteiger charge is -2.40. The maximum Gasteiger partial charge on any atom is 0.257 e. The predicted molar refractivity (Wildman–Crippen MR) is 166 cm³/mol. The molecule has 2 aromatic heterocycles. The van der Waals surface area contributed by atoms with Crippen LogP contribution in [0.15, 0.2) is 79.1 Å². The molecule has 2 bridgehead atoms. The van der Waals surface area contributed by atoms with E-state index in [9.17, 15) is 18.8 Å². The molecule has 4 aromatic rings. The average Bonchev–Trinajstić information content (AvgIpc) is 3.53. The standard InChI is InChI=1S/C34H36FN7O4/c1-40(20-23-6-3-2-4-7-23)31(43)18-24-13-16-41-21-25(24)14-17-46-33-29(8-5-15-36-33)32(44)37-30(34(41)45)19-27-22-42(39-38-27)28-11-9-26(35)10-12-28/h2-12,15,22,24-25,30H,13-14,16-21H2,1H3,(H,37,44)/t24-,25-,30+/m0/s1. The van der Waals surface area contributed by atoms with E-state index in [1.807, 2.05) is 37.4 Å². The number of ether oxygens (including phenoxy) is 1. The Morgan fingerprint density at radius 3 is 2.67 bits per heavy atom. The second kappa shape index (κ2) is 13.9. The molecule has 1 N–H and O–H groups in total. The molecule has 2 aliphatic rings. The maximum absolute atomic E-state index is 14.1. The first-order chi connectivity index (χ1) is 22.3. The molecule has 1 saturated heterocycles. The van der Waals surface area contributed by atoms with Gasteiger partial charge in [-0.3, -0.25) is 14.4 Å². The molecule has 0 aliphatic carbocycles. The van der Waals surface area contributed by atoms with Crippen molar-refractivity contribution in [3.63, 3.8) is 0 Å². The van der Waals surface area contributed by atoms with E-state index in [0.717, 1.165) is 5.56 Å². The van der Waals surface area contributed by atoms with Gasteiger partial charge in [0.15, 0.2) is 0 Å². The molecule has 3 atom stereocenters. The first-order valence-corrected chi connectivity index (χ1v) is 15.5. The molecule has 6 rings (SSSR count). The fourth-order valence-corrected chi connectivity index (χ4v) is 6.17. The van der Waals surface area contributed by atoms with Crippen LogP contribution in [-0.2, 0) is 22.6 Å². The van der Waals surface area contributed by atoms with Gasteiger partial charge < -0.3 is 19.9 Å². The number of aromatic nitrogens is 4. The molecule has 12 heteroatoms. The number of halogens is 1. The summed E-state index contributed by atoms with van der Waals surface area (Å²) in [6.07, 6.45) is 4.93. The van der Waals surface area contributed by atoms with E-state index in [1.54, 1.807) is 46.5 Å². The Balaban J connectivity index is 1.21. The molecule has 0 radical (unpaired) electrons. The number of pyridine rings is 1. The normalized spacial score (nSPS) is 20.0. The van der Waals surface area contributed by atoms with Crippen LogP contribution in [0.5, 0.6) is 5.88 Å². The van der Waals surface area contributed by atoms with E-state index >= 15 is 0 Å². The van der Waals surface area contributed by atoms with Gasteiger partial charge >= 0.3 is 0 Å². The molecule has 3 amide bonds. The average molecular weight is 626 g/mol. The van der Waals surface area contributed by atoms with Gasteiger partial charge in [0.25, 0.3) is 5.91 Å². The van der Waals surface area contributed by atoms with Crippen molar-refractivity contribution in [2.24, 2.45) is 11.8 Å². The van der Waals surface area contributed by atoms with Crippen molar-refractivity contribution in [1.29, 1.82) is 0 Å². The highest BCUT2D eigenvalue weighted by Gasteiger charge is 2.37. The monoisotopic (exact) mass is 625 g/mol. The number of hydrogen-bond donors (Lipinski definition) is 1. The number of piperidine rings is 1. The first kappa shape index (κ1) is 30.9. The Bertz CT molecular complexity index is 1680. The van der Waals surface area contributed by atoms with Gasteiger partial charge in [-0.2, -0.15) is 0 Å². The van der Waals surface area contributed by atoms with E-state index in [1.165, 1.54) is 16.8 Å². The third-order valence-electron chi connectivity index (χ3n) is 8.72. The van der Waals surface area contributed by atoms with Gasteiger partial charge in [0.1, 0.15) is 17.4 Å². The largest absolute Gasteiger partial charge is 0.477 e. The van der Waals surface area contributed by atoms with E-state index in [-0.39, 0.29) is 47.3 Å². The lowest BCUT2D eigenvalue weighted by atomic mass is 9.80. The Kier molecular flexibility index (Phi) is 9.32. The van der Waals surface area contributed by atoms with Crippen molar-refractivity contribution in [2.45, 2.75) is 38.3 Å². The second-order valence-corrected chi connectivity index (χ2v) is 11.9. The first-order valence-electron chi connectivity index (χ1n) is 15.5. The second-order valence-electron chi connectivity index (χ2n) is 11.9. The minimum Gasteiger partial charge on any atom is -0.477 e. The summed E-state index contributed by atoms with van der Waals surface area (Å²) < 4.78 is 21.0. The number of benzene rings is 2. The number of carbonyl (C=O) groups excluding carboxylic acids is 3. The molecule has 0 spiro atoms. The Morgan fingerprint density at radius 1 is 1.07 bits per heavy atom. The number of amides is 3. The van der Waals surface area contributed by atoms with Crippen molar-refractivity contribution in [1.82, 2.24) is 35.1 Å². The molecule has 2 aromatic carbocycles. The molecule has 4 heterocycles. The van der Waals surface area contributed by atoms with E-state index in [2.05, 4.69) is 20.6 Å². The lowest BCUT2D eigenvalue weighted by molar-refractivity contribution is -0.137. The van der Waals surface area contributed by atoms with E-state index in [4.69, 9.17) is 4.74 Å². The van der Waals surface area contributed by atoms with Gasteiger partial charge in [0, 0.05) is 45.7 Å². The van der Waals surface area contributed by atoms with E-state index < -0.39 is 11.9 Å². The number of rotatable bonds is 7. The summed E-state index contributed by atoms with van der Waals surface area (Å²) in [6.45, 7) is 1.72. The molecular weight excluding hydrogens is 589 g/mol. The summed E-state index contributed by atoms with van der Waals surface area (Å²) >= 11 is 0. The van der Waals surface area contributed by atoms with Crippen LogP contribution in [0.4, 0.5) is 4.39 Å². The minimum absolute atomic E-state index is 0.00840. The fourth-order valence-electron chi connectivity index (χ4n) is 6.17. The zero-order chi connectivity index (χ0) is 32.0. The number of hydrogen-bond acceptors (Lipinski definition) is 7. The highest BCUT2D eigenvalue weighted by Crippen LogP contribution is 2.31. The van der Waals surface area contributed by atoms with Crippen LogP contribution in [0.1, 0.15) is 40.9 Å². The summed E-state index contributed by atoms with van der Waals surface area (Å²) in [5.41, 5.74) is 2.39. The predicted octanol–water partition coefficient (Wildman–Crippen LogP) is 3.44. The summed E-state index contributed by atoms with van der Waals surface area (Å²) in [6, 6.07) is 18.0. The Labute approximate surface area is 266 Å². The lowest BCUT2D eigenvalue weighted by Crippen LogP contribution is -2.54. The third-order valence-corrected chi connectivity index (χ3v) is 8.72. The van der Waals surface area contributed by atoms with Crippen molar-refractivity contribution in [2.75, 3.05) is 26.7 Å². The smallest absolute Gasteiger partial charge is 0.257 e. The maximum atomic E-state index is 14.1. The van der Waals surface area contributed by atoms with Gasteiger partial charge in [-0.25, -0.2) is 14.1 Å². The van der Waals surface area contributed by atoms with Crippen LogP contribution < -0.4 is 10.1 Å². The zero-order valence-electron chi connectivity index (χ0n) is 25.6. The van der Waals surface area contributed by atoms with Gasteiger partial charge in [-0.05, 0) is 66.6 Å². The van der Waals surface area contributed by atoms with Gasteiger partial charge in [-0.1, -0.05) is 35.5 Å². The highest BCUT2D eigenvalue weighted by molar-refractivity contribution is 5.99. The van der Waals surface area contributed by atoms with Gasteiger partial charge in [0.05, 0.1) is 24.2 Å². The molecule has 11 nitrogen and oxygen atoms in total. The topological polar surface area (TPSA) is 123 Å². The molecule has 46 heavy (non-hydrogen) atoms. The minimum atomic E-state index is -0.936. The number of fused-ring (bicyclic) bond motifs is 3. The molecule has 238 valence electrons. The van der Waals surface area contributed by atoms with Crippen LogP contribution >= 0.6 is 0 Å². The van der Waals surface area contributed by atoms with Crippen molar-refractivity contribution >= 4 is 17.7 Å². The van der Waals surface area contributed by atoms with Crippen LogP contribution in [0.3, 0.4) is 0 Å². The molecule has 1 fully saturated rings. The van der Waals surface area contributed by atoms with Crippen LogP contribution in [-0.4, -0.2) is 80.3 Å². The Hall–Kier alpha value is -5.13. The van der Waals surface area contributed by atoms with Gasteiger partial charge in [-0.15, -0.1) is 5.10 Å². The molecule has 2 aliphatic heterocycles. The molecular formula is C34H36FN7O4. The zero-order valence-corrected chi connectivity index (χ0v) is 25.6. The number of nitrogens with zero attached hydrogens (tertiary/aromatic N) is 6. The number of nitrogens with one attached hydrogen (secondary N) is 1. The fraction of sp³-hybridized carbons (Fsp3) is 0.353. The highest BCUT2D eigenvalue weighted by atomic mass is 19.1. The molecule has 0 unspecified atom stereocenters. The van der Waals surface area contributed by atoms with Crippen LogP contribution in [0, 0.1) is 17.7 Å². The Morgan fingerprint density at radius 2 is 1.87 bits per heavy atom. The third kappa shape index (κ3) is 7.22. The summed E-state index contributed by atoms with van der Waals surface area (Å²) in [5, 5.41) is 11.3. The van der Waals surface area contributed by atoms with Crippen LogP contribution in [0.2, 0.25) is 0 Å².